The fraction of sp³-hybridized carbons (Fsp3) is 1.00. The van der Waals surface area contributed by atoms with Crippen LogP contribution < -0.4 is 0 Å². The van der Waals surface area contributed by atoms with Gasteiger partial charge in [0.25, 0.3) is 7.59 Å². The Bertz CT molecular complexity index is 227. The third kappa shape index (κ3) is 2.14. The van der Waals surface area contributed by atoms with Gasteiger partial charge in [0.05, 0.1) is 0 Å². The van der Waals surface area contributed by atoms with Crippen molar-refractivity contribution in [3.05, 3.63) is 0 Å². The zero-order chi connectivity index (χ0) is 11.5. The van der Waals surface area contributed by atoms with E-state index in [0.717, 1.165) is 39.3 Å². The van der Waals surface area contributed by atoms with Crippen molar-refractivity contribution in [2.75, 3.05) is 39.3 Å². The van der Waals surface area contributed by atoms with Crippen molar-refractivity contribution in [3.8, 4) is 0 Å². The zero-order valence-corrected chi connectivity index (χ0v) is 11.3. The lowest BCUT2D eigenvalue weighted by Crippen LogP contribution is -2.33. The first-order chi connectivity index (χ1) is 7.14. The van der Waals surface area contributed by atoms with Crippen molar-refractivity contribution in [2.45, 2.75) is 27.7 Å². The minimum absolute atomic E-state index is 0.862. The van der Waals surface area contributed by atoms with Gasteiger partial charge in [-0.1, -0.05) is 27.7 Å². The van der Waals surface area contributed by atoms with E-state index in [2.05, 4.69) is 41.7 Å². The lowest BCUT2D eigenvalue weighted by molar-refractivity contribution is 0.349. The van der Waals surface area contributed by atoms with E-state index in [1.165, 1.54) is 0 Å². The van der Waals surface area contributed by atoms with Crippen LogP contribution in [0.1, 0.15) is 27.7 Å². The molecule has 0 unspecified atom stereocenters. The molecule has 0 aromatic rings. The van der Waals surface area contributed by atoms with Gasteiger partial charge < -0.3 is 0 Å². The summed E-state index contributed by atoms with van der Waals surface area (Å²) in [5.41, 5.74) is 0. The van der Waals surface area contributed by atoms with Gasteiger partial charge >= 0.3 is 0 Å². The van der Waals surface area contributed by atoms with Crippen molar-refractivity contribution in [3.63, 3.8) is 0 Å². The monoisotopic (exact) mass is 233 g/mol. The molecular formula is C10H24N3OP. The molecule has 0 aromatic heterocycles. The SMILES string of the molecule is CCN(CC)P1(=O)N(CC)CCN1CC. The average Bonchev–Trinajstić information content (AvgIpc) is 2.57. The maximum absolute atomic E-state index is 13.1. The molecule has 0 saturated carbocycles. The first-order valence-electron chi connectivity index (χ1n) is 6.01. The van der Waals surface area contributed by atoms with Gasteiger partial charge in [0, 0.05) is 39.3 Å². The Morgan fingerprint density at radius 2 is 1.40 bits per heavy atom. The van der Waals surface area contributed by atoms with Gasteiger partial charge in [-0.3, -0.25) is 4.57 Å². The van der Waals surface area contributed by atoms with Crippen molar-refractivity contribution < 1.29 is 4.57 Å². The minimum atomic E-state index is -2.40. The number of rotatable bonds is 5. The van der Waals surface area contributed by atoms with Crippen molar-refractivity contribution in [1.82, 2.24) is 14.0 Å². The highest BCUT2D eigenvalue weighted by Crippen LogP contribution is 2.58. The van der Waals surface area contributed by atoms with E-state index >= 15 is 0 Å². The highest BCUT2D eigenvalue weighted by molar-refractivity contribution is 7.56. The van der Waals surface area contributed by atoms with Crippen LogP contribution in [0, 0.1) is 0 Å². The highest BCUT2D eigenvalue weighted by atomic mass is 31.2. The fourth-order valence-corrected chi connectivity index (χ4v) is 5.55. The summed E-state index contributed by atoms with van der Waals surface area (Å²) >= 11 is 0. The molecule has 90 valence electrons. The van der Waals surface area contributed by atoms with Gasteiger partial charge in [-0.2, -0.15) is 0 Å². The van der Waals surface area contributed by atoms with E-state index in [4.69, 9.17) is 0 Å². The van der Waals surface area contributed by atoms with E-state index < -0.39 is 7.59 Å². The molecule has 1 fully saturated rings. The van der Waals surface area contributed by atoms with Gasteiger partial charge in [-0.25, -0.2) is 14.0 Å². The van der Waals surface area contributed by atoms with Crippen molar-refractivity contribution in [2.24, 2.45) is 0 Å². The lowest BCUT2D eigenvalue weighted by atomic mass is 10.6. The Balaban J connectivity index is 2.96. The Morgan fingerprint density at radius 1 is 1.00 bits per heavy atom. The molecule has 4 nitrogen and oxygen atoms in total. The summed E-state index contributed by atoms with van der Waals surface area (Å²) in [6, 6.07) is 0. The molecule has 0 radical (unpaired) electrons. The van der Waals surface area contributed by atoms with E-state index in [-0.39, 0.29) is 0 Å². The maximum atomic E-state index is 13.1. The molecular weight excluding hydrogens is 209 g/mol. The van der Waals surface area contributed by atoms with Crippen LogP contribution >= 0.6 is 7.59 Å². The molecule has 0 aliphatic carbocycles. The van der Waals surface area contributed by atoms with E-state index in [1.54, 1.807) is 0 Å². The van der Waals surface area contributed by atoms with Gasteiger partial charge in [0.1, 0.15) is 0 Å². The minimum Gasteiger partial charge on any atom is -0.270 e. The van der Waals surface area contributed by atoms with Gasteiger partial charge in [0.2, 0.25) is 0 Å². The first kappa shape index (κ1) is 13.2. The third-order valence-corrected chi connectivity index (χ3v) is 6.92. The summed E-state index contributed by atoms with van der Waals surface area (Å²) in [7, 11) is -2.40. The summed E-state index contributed by atoms with van der Waals surface area (Å²) in [5.74, 6) is 0. The molecule has 0 N–H and O–H groups in total. The second kappa shape index (κ2) is 5.44. The smallest absolute Gasteiger partial charge is 0.270 e. The molecule has 0 atom stereocenters. The van der Waals surface area contributed by atoms with Crippen LogP contribution in [0.4, 0.5) is 0 Å². The topological polar surface area (TPSA) is 26.8 Å². The maximum Gasteiger partial charge on any atom is 0.286 e. The number of hydrogen-bond acceptors (Lipinski definition) is 1. The standard InChI is InChI=1S/C10H24N3OP/c1-5-11(6-2)15(14)12(7-3)9-10-13(15)8-4/h5-10H2,1-4H3. The number of nitrogens with zero attached hydrogens (tertiary/aromatic N) is 3. The Hall–Kier alpha value is 0.110. The largest absolute Gasteiger partial charge is 0.286 e. The predicted molar refractivity (Wildman–Crippen MR) is 65.0 cm³/mol. The molecule has 1 aliphatic rings. The summed E-state index contributed by atoms with van der Waals surface area (Å²) < 4.78 is 19.5. The molecule has 1 aliphatic heterocycles. The van der Waals surface area contributed by atoms with Crippen LogP contribution in [0.15, 0.2) is 0 Å². The van der Waals surface area contributed by atoms with Gasteiger partial charge in [-0.05, 0) is 0 Å². The van der Waals surface area contributed by atoms with E-state index in [1.807, 2.05) is 0 Å². The summed E-state index contributed by atoms with van der Waals surface area (Å²) in [6.45, 7) is 13.7. The van der Waals surface area contributed by atoms with E-state index in [9.17, 15) is 4.57 Å². The van der Waals surface area contributed by atoms with Crippen LogP contribution in [0.2, 0.25) is 0 Å². The first-order valence-corrected chi connectivity index (χ1v) is 7.57. The van der Waals surface area contributed by atoms with Crippen LogP contribution in [0.3, 0.4) is 0 Å². The molecule has 1 heterocycles. The number of likely N-dealkylation sites (N-methyl/N-ethyl adjacent to an activating group) is 2. The van der Waals surface area contributed by atoms with Crippen LogP contribution in [0.25, 0.3) is 0 Å². The molecule has 15 heavy (non-hydrogen) atoms. The van der Waals surface area contributed by atoms with Gasteiger partial charge in [-0.15, -0.1) is 0 Å². The molecule has 0 spiro atoms. The molecule has 1 saturated heterocycles. The molecule has 0 aromatic carbocycles. The van der Waals surface area contributed by atoms with Crippen LogP contribution in [0.5, 0.6) is 0 Å². The molecule has 0 amide bonds. The molecule has 0 bridgehead atoms. The summed E-state index contributed by atoms with van der Waals surface area (Å²) in [4.78, 5) is 0. The van der Waals surface area contributed by atoms with Crippen LogP contribution in [-0.4, -0.2) is 53.3 Å². The lowest BCUT2D eigenvalue weighted by Gasteiger charge is -2.36. The van der Waals surface area contributed by atoms with Crippen molar-refractivity contribution >= 4 is 7.59 Å². The zero-order valence-electron chi connectivity index (χ0n) is 10.4. The third-order valence-electron chi connectivity index (χ3n) is 3.18. The second-order valence-electron chi connectivity index (χ2n) is 3.74. The van der Waals surface area contributed by atoms with Gasteiger partial charge in [0.15, 0.2) is 0 Å². The fourth-order valence-electron chi connectivity index (χ4n) is 2.30. The molecule has 5 heteroatoms. The number of hydrogen-bond donors (Lipinski definition) is 0. The van der Waals surface area contributed by atoms with Crippen LogP contribution in [-0.2, 0) is 4.57 Å². The average molecular weight is 233 g/mol. The Morgan fingerprint density at radius 3 is 1.67 bits per heavy atom. The summed E-state index contributed by atoms with van der Waals surface area (Å²) in [6.07, 6.45) is 0. The highest BCUT2D eigenvalue weighted by Gasteiger charge is 2.44. The summed E-state index contributed by atoms with van der Waals surface area (Å²) in [5, 5.41) is 0. The normalized spacial score (nSPS) is 22.7. The second-order valence-corrected chi connectivity index (χ2v) is 6.47. The predicted octanol–water partition coefficient (Wildman–Crippen LogP) is 2.09. The van der Waals surface area contributed by atoms with Crippen molar-refractivity contribution in [1.29, 1.82) is 0 Å². The quantitative estimate of drug-likeness (QED) is 0.679. The van der Waals surface area contributed by atoms with E-state index in [0.29, 0.717) is 0 Å². The Kier molecular flexibility index (Phi) is 4.78. The Labute approximate surface area is 93.8 Å². The molecule has 1 rings (SSSR count).